The van der Waals surface area contributed by atoms with Gasteiger partial charge in [0.15, 0.2) is 0 Å². The molecule has 1 heterocycles. The predicted molar refractivity (Wildman–Crippen MR) is 85.0 cm³/mol. The zero-order valence-corrected chi connectivity index (χ0v) is 13.5. The molecule has 1 aliphatic rings. The van der Waals surface area contributed by atoms with E-state index in [4.69, 9.17) is 0 Å². The Morgan fingerprint density at radius 3 is 2.50 bits per heavy atom. The standard InChI is InChI=1S/C17H24N2O3/c1-12-5-4-6-13(2)14(12)7-9-18-16(22)19-10-8-17(3,11-19)15(20)21/h4-6H,7-11H2,1-3H3,(H,18,22)(H,20,21). The maximum Gasteiger partial charge on any atom is 0.317 e. The highest BCUT2D eigenvalue weighted by molar-refractivity contribution is 5.79. The van der Waals surface area contributed by atoms with Crippen LogP contribution in [0.1, 0.15) is 30.0 Å². The number of likely N-dealkylation sites (tertiary alicyclic amines) is 1. The van der Waals surface area contributed by atoms with Gasteiger partial charge in [-0.15, -0.1) is 0 Å². The molecule has 2 N–H and O–H groups in total. The number of hydrogen-bond acceptors (Lipinski definition) is 2. The van der Waals surface area contributed by atoms with Crippen LogP contribution < -0.4 is 5.32 Å². The molecule has 1 unspecified atom stereocenters. The molecule has 0 aromatic heterocycles. The smallest absolute Gasteiger partial charge is 0.317 e. The molecule has 22 heavy (non-hydrogen) atoms. The first-order chi connectivity index (χ1) is 10.3. The Labute approximate surface area is 131 Å². The molecule has 1 saturated heterocycles. The lowest BCUT2D eigenvalue weighted by molar-refractivity contribution is -0.146. The summed E-state index contributed by atoms with van der Waals surface area (Å²) in [5, 5.41) is 12.1. The van der Waals surface area contributed by atoms with E-state index in [1.54, 1.807) is 11.8 Å². The van der Waals surface area contributed by atoms with Gasteiger partial charge >= 0.3 is 12.0 Å². The third-order valence-corrected chi connectivity index (χ3v) is 4.57. The fourth-order valence-electron chi connectivity index (χ4n) is 2.96. The van der Waals surface area contributed by atoms with Crippen molar-refractivity contribution in [3.8, 4) is 0 Å². The van der Waals surface area contributed by atoms with Crippen LogP contribution in [0.25, 0.3) is 0 Å². The Balaban J connectivity index is 1.86. The van der Waals surface area contributed by atoms with Crippen LogP contribution in [0.4, 0.5) is 4.79 Å². The van der Waals surface area contributed by atoms with Gasteiger partial charge < -0.3 is 15.3 Å². The molecule has 0 aliphatic carbocycles. The molecule has 0 spiro atoms. The Bertz CT molecular complexity index is 565. The molecule has 0 radical (unpaired) electrons. The molecule has 2 amide bonds. The molecule has 5 heteroatoms. The summed E-state index contributed by atoms with van der Waals surface area (Å²) in [5.74, 6) is -0.835. The van der Waals surface area contributed by atoms with Crippen LogP contribution in [-0.4, -0.2) is 41.6 Å². The van der Waals surface area contributed by atoms with Crippen molar-refractivity contribution in [3.05, 3.63) is 34.9 Å². The van der Waals surface area contributed by atoms with E-state index in [2.05, 4.69) is 31.3 Å². The van der Waals surface area contributed by atoms with Gasteiger partial charge in [0.25, 0.3) is 0 Å². The van der Waals surface area contributed by atoms with Crippen LogP contribution >= 0.6 is 0 Å². The van der Waals surface area contributed by atoms with Crippen molar-refractivity contribution >= 4 is 12.0 Å². The fourth-order valence-corrected chi connectivity index (χ4v) is 2.96. The Kier molecular flexibility index (Phi) is 4.74. The number of aryl methyl sites for hydroxylation is 2. The van der Waals surface area contributed by atoms with Gasteiger partial charge in [0, 0.05) is 19.6 Å². The van der Waals surface area contributed by atoms with E-state index >= 15 is 0 Å². The number of hydrogen-bond donors (Lipinski definition) is 2. The van der Waals surface area contributed by atoms with Crippen molar-refractivity contribution in [2.24, 2.45) is 5.41 Å². The first-order valence-electron chi connectivity index (χ1n) is 7.65. The van der Waals surface area contributed by atoms with Gasteiger partial charge in [0.1, 0.15) is 0 Å². The molecular weight excluding hydrogens is 280 g/mol. The summed E-state index contributed by atoms with van der Waals surface area (Å²) < 4.78 is 0. The second-order valence-corrected chi connectivity index (χ2v) is 6.39. The number of amides is 2. The highest BCUT2D eigenvalue weighted by Crippen LogP contribution is 2.29. The van der Waals surface area contributed by atoms with Crippen molar-refractivity contribution in [1.29, 1.82) is 0 Å². The van der Waals surface area contributed by atoms with Crippen molar-refractivity contribution in [1.82, 2.24) is 10.2 Å². The first-order valence-corrected chi connectivity index (χ1v) is 7.65. The summed E-state index contributed by atoms with van der Waals surface area (Å²) in [6, 6.07) is 6.01. The van der Waals surface area contributed by atoms with Crippen LogP contribution in [0, 0.1) is 19.3 Å². The summed E-state index contributed by atoms with van der Waals surface area (Å²) in [6.07, 6.45) is 1.29. The molecule has 1 aromatic carbocycles. The van der Waals surface area contributed by atoms with Crippen LogP contribution in [0.3, 0.4) is 0 Å². The van der Waals surface area contributed by atoms with Gasteiger partial charge in [-0.25, -0.2) is 4.79 Å². The van der Waals surface area contributed by atoms with E-state index in [1.807, 2.05) is 6.07 Å². The Hall–Kier alpha value is -2.04. The maximum atomic E-state index is 12.1. The van der Waals surface area contributed by atoms with Crippen molar-refractivity contribution in [3.63, 3.8) is 0 Å². The van der Waals surface area contributed by atoms with Crippen LogP contribution in [0.5, 0.6) is 0 Å². The summed E-state index contributed by atoms with van der Waals surface area (Å²) in [6.45, 7) is 7.17. The SMILES string of the molecule is Cc1cccc(C)c1CCNC(=O)N1CCC(C)(C(=O)O)C1. The molecule has 2 rings (SSSR count). The summed E-state index contributed by atoms with van der Waals surface area (Å²) in [4.78, 5) is 24.9. The zero-order valence-electron chi connectivity index (χ0n) is 13.5. The van der Waals surface area contributed by atoms with Gasteiger partial charge in [-0.3, -0.25) is 4.79 Å². The minimum absolute atomic E-state index is 0.170. The van der Waals surface area contributed by atoms with E-state index in [0.717, 1.165) is 6.42 Å². The third kappa shape index (κ3) is 3.40. The predicted octanol–water partition coefficient (Wildman–Crippen LogP) is 2.35. The molecule has 0 bridgehead atoms. The van der Waals surface area contributed by atoms with Crippen LogP contribution in [0.15, 0.2) is 18.2 Å². The Morgan fingerprint density at radius 1 is 1.32 bits per heavy atom. The molecule has 1 fully saturated rings. The maximum absolute atomic E-state index is 12.1. The number of carbonyl (C=O) groups is 2. The van der Waals surface area contributed by atoms with Gasteiger partial charge in [-0.2, -0.15) is 0 Å². The van der Waals surface area contributed by atoms with Gasteiger partial charge in [0.05, 0.1) is 5.41 Å². The number of nitrogens with zero attached hydrogens (tertiary/aromatic N) is 1. The number of nitrogens with one attached hydrogen (secondary N) is 1. The van der Waals surface area contributed by atoms with Crippen molar-refractivity contribution < 1.29 is 14.7 Å². The number of carbonyl (C=O) groups excluding carboxylic acids is 1. The highest BCUT2D eigenvalue weighted by atomic mass is 16.4. The highest BCUT2D eigenvalue weighted by Gasteiger charge is 2.42. The van der Waals surface area contributed by atoms with Crippen molar-refractivity contribution in [2.45, 2.75) is 33.6 Å². The zero-order chi connectivity index (χ0) is 16.3. The minimum Gasteiger partial charge on any atom is -0.481 e. The number of carboxylic acid groups (broad SMARTS) is 1. The van der Waals surface area contributed by atoms with Crippen LogP contribution in [-0.2, 0) is 11.2 Å². The van der Waals surface area contributed by atoms with Gasteiger partial charge in [-0.05, 0) is 50.3 Å². The number of benzene rings is 1. The van der Waals surface area contributed by atoms with E-state index in [1.165, 1.54) is 16.7 Å². The lowest BCUT2D eigenvalue weighted by Gasteiger charge is -2.20. The second kappa shape index (κ2) is 6.38. The van der Waals surface area contributed by atoms with E-state index in [-0.39, 0.29) is 12.6 Å². The molecule has 0 saturated carbocycles. The number of aliphatic carboxylic acids is 1. The number of urea groups is 1. The van der Waals surface area contributed by atoms with E-state index in [9.17, 15) is 14.7 Å². The first kappa shape index (κ1) is 16.3. The third-order valence-electron chi connectivity index (χ3n) is 4.57. The van der Waals surface area contributed by atoms with Crippen molar-refractivity contribution in [2.75, 3.05) is 19.6 Å². The summed E-state index contributed by atoms with van der Waals surface area (Å²) in [7, 11) is 0. The number of carboxylic acids is 1. The molecule has 120 valence electrons. The van der Waals surface area contributed by atoms with Crippen LogP contribution in [0.2, 0.25) is 0 Å². The topological polar surface area (TPSA) is 69.6 Å². The molecular formula is C17H24N2O3. The average Bonchev–Trinajstić information content (AvgIpc) is 2.86. The molecule has 1 aliphatic heterocycles. The Morgan fingerprint density at radius 2 is 1.95 bits per heavy atom. The lowest BCUT2D eigenvalue weighted by Crippen LogP contribution is -2.41. The number of rotatable bonds is 4. The van der Waals surface area contributed by atoms with E-state index < -0.39 is 11.4 Å². The fraction of sp³-hybridized carbons (Fsp3) is 0.529. The summed E-state index contributed by atoms with van der Waals surface area (Å²) in [5.41, 5.74) is 2.91. The molecule has 5 nitrogen and oxygen atoms in total. The molecule has 1 aromatic rings. The normalized spacial score (nSPS) is 21.0. The van der Waals surface area contributed by atoms with Gasteiger partial charge in [-0.1, -0.05) is 18.2 Å². The minimum atomic E-state index is -0.835. The molecule has 1 atom stereocenters. The lowest BCUT2D eigenvalue weighted by atomic mass is 9.90. The average molecular weight is 304 g/mol. The van der Waals surface area contributed by atoms with Gasteiger partial charge in [0.2, 0.25) is 0 Å². The van der Waals surface area contributed by atoms with E-state index in [0.29, 0.717) is 19.5 Å². The second-order valence-electron chi connectivity index (χ2n) is 6.39. The largest absolute Gasteiger partial charge is 0.481 e. The summed E-state index contributed by atoms with van der Waals surface area (Å²) >= 11 is 0. The quantitative estimate of drug-likeness (QED) is 0.897. The monoisotopic (exact) mass is 304 g/mol.